The van der Waals surface area contributed by atoms with Crippen LogP contribution in [0.1, 0.15) is 84.7 Å². The maximum absolute atomic E-state index is 13.1. The first-order valence-corrected chi connectivity index (χ1v) is 13.2. The predicted octanol–water partition coefficient (Wildman–Crippen LogP) is 3.13. The van der Waals surface area contributed by atoms with Crippen LogP contribution in [0.5, 0.6) is 0 Å². The lowest BCUT2D eigenvalue weighted by Crippen LogP contribution is -2.46. The van der Waals surface area contributed by atoms with E-state index in [-0.39, 0.29) is 41.3 Å². The molecule has 202 valence electrons. The van der Waals surface area contributed by atoms with Crippen molar-refractivity contribution in [1.29, 1.82) is 0 Å². The van der Waals surface area contributed by atoms with Crippen LogP contribution in [0.4, 0.5) is 5.82 Å². The minimum Gasteiger partial charge on any atom is -0.384 e. The van der Waals surface area contributed by atoms with Gasteiger partial charge < -0.3 is 20.7 Å². The Morgan fingerprint density at radius 2 is 1.92 bits per heavy atom. The Morgan fingerprint density at radius 1 is 1.21 bits per heavy atom. The van der Waals surface area contributed by atoms with E-state index in [9.17, 15) is 14.7 Å². The van der Waals surface area contributed by atoms with Crippen molar-refractivity contribution < 1.29 is 14.7 Å². The number of hydrogen-bond donors (Lipinski definition) is 3. The number of nitrogens with zero attached hydrogens (tertiary/aromatic N) is 7. The first-order valence-electron chi connectivity index (χ1n) is 12.8. The third-order valence-corrected chi connectivity index (χ3v) is 8.06. The number of aromatic amines is 1. The van der Waals surface area contributed by atoms with Crippen LogP contribution in [0.2, 0.25) is 5.02 Å². The number of aromatic nitrogens is 7. The Balaban J connectivity index is 1.41. The normalized spacial score (nSPS) is 21.1. The summed E-state index contributed by atoms with van der Waals surface area (Å²) >= 11 is 6.47. The van der Waals surface area contributed by atoms with Crippen LogP contribution in [0.25, 0.3) is 16.8 Å². The summed E-state index contributed by atoms with van der Waals surface area (Å²) in [5.41, 5.74) is 8.45. The van der Waals surface area contributed by atoms with Gasteiger partial charge in [-0.1, -0.05) is 11.6 Å². The van der Waals surface area contributed by atoms with E-state index in [1.54, 1.807) is 32.3 Å². The second-order valence-corrected chi connectivity index (χ2v) is 11.2. The van der Waals surface area contributed by atoms with E-state index in [0.717, 1.165) is 12.8 Å². The standard InChI is InChI=1S/C26H28ClN9O3/c1-12(37)19-20(13-6-15-4-5-16(7-13)35(15)25(38)23-30-11-31-34-23)33-24-17(10-32-36(24)22(19)28)14-8-18(27)21(29-9-14)26(2,3)39/h8-11,13,15-16,39H,4-7,28H2,1-3H3,(H,30,31,34)/t13-,15-,16+. The lowest BCUT2D eigenvalue weighted by atomic mass is 9.85. The minimum absolute atomic E-state index is 0.00724. The monoisotopic (exact) mass is 549 g/mol. The van der Waals surface area contributed by atoms with E-state index in [0.29, 0.717) is 51.6 Å². The average molecular weight is 550 g/mol. The molecular formula is C26H28ClN9O3. The molecule has 0 aromatic carbocycles. The summed E-state index contributed by atoms with van der Waals surface area (Å²) < 4.78 is 1.46. The number of H-pyrrole nitrogens is 1. The highest BCUT2D eigenvalue weighted by molar-refractivity contribution is 6.31. The number of hydrogen-bond acceptors (Lipinski definition) is 9. The van der Waals surface area contributed by atoms with Crippen molar-refractivity contribution >= 4 is 34.8 Å². The Bertz CT molecular complexity index is 1600. The Morgan fingerprint density at radius 3 is 2.51 bits per heavy atom. The van der Waals surface area contributed by atoms with Crippen LogP contribution in [0.15, 0.2) is 24.8 Å². The van der Waals surface area contributed by atoms with Crippen molar-refractivity contribution in [3.05, 3.63) is 52.6 Å². The number of pyridine rings is 1. The SMILES string of the molecule is CC(=O)c1c([C@@H]2C[C@H]3CC[C@@H](C2)N3C(=O)c2nnc[nH]2)nc2c(-c3cnc(C(C)(C)O)c(Cl)c3)cnn2c1N. The molecule has 0 spiro atoms. The third kappa shape index (κ3) is 4.14. The van der Waals surface area contributed by atoms with E-state index in [4.69, 9.17) is 22.3 Å². The van der Waals surface area contributed by atoms with Gasteiger partial charge in [0.25, 0.3) is 5.91 Å². The highest BCUT2D eigenvalue weighted by atomic mass is 35.5. The molecule has 2 aliphatic heterocycles. The molecule has 2 aliphatic rings. The number of piperidine rings is 1. The van der Waals surface area contributed by atoms with Gasteiger partial charge in [0, 0.05) is 35.3 Å². The fourth-order valence-electron chi connectivity index (χ4n) is 6.09. The number of amides is 1. The molecule has 6 rings (SSSR count). The molecule has 4 aromatic rings. The Labute approximate surface area is 228 Å². The van der Waals surface area contributed by atoms with Gasteiger partial charge in [-0.3, -0.25) is 14.6 Å². The molecule has 2 saturated heterocycles. The van der Waals surface area contributed by atoms with Crippen molar-refractivity contribution in [3.8, 4) is 11.1 Å². The predicted molar refractivity (Wildman–Crippen MR) is 142 cm³/mol. The number of halogens is 1. The molecule has 2 fully saturated rings. The van der Waals surface area contributed by atoms with Crippen LogP contribution < -0.4 is 5.73 Å². The van der Waals surface area contributed by atoms with Gasteiger partial charge in [-0.05, 0) is 52.5 Å². The number of fused-ring (bicyclic) bond motifs is 3. The maximum Gasteiger partial charge on any atom is 0.292 e. The topological polar surface area (TPSA) is 168 Å². The number of aliphatic hydroxyl groups is 1. The van der Waals surface area contributed by atoms with Crippen molar-refractivity contribution in [2.24, 2.45) is 0 Å². The molecule has 4 aromatic heterocycles. The fourth-order valence-corrected chi connectivity index (χ4v) is 6.49. The quantitative estimate of drug-likeness (QED) is 0.316. The van der Waals surface area contributed by atoms with E-state index in [2.05, 4.69) is 25.3 Å². The number of ketones is 1. The van der Waals surface area contributed by atoms with Crippen LogP contribution >= 0.6 is 11.6 Å². The molecule has 4 N–H and O–H groups in total. The lowest BCUT2D eigenvalue weighted by molar-refractivity contribution is 0.0556. The molecule has 0 saturated carbocycles. The molecule has 0 radical (unpaired) electrons. The highest BCUT2D eigenvalue weighted by Gasteiger charge is 2.45. The fraction of sp³-hybridized carbons (Fsp3) is 0.423. The molecular weight excluding hydrogens is 522 g/mol. The summed E-state index contributed by atoms with van der Waals surface area (Å²) in [5.74, 6) is 0.0131. The van der Waals surface area contributed by atoms with Gasteiger partial charge in [-0.2, -0.15) is 9.61 Å². The van der Waals surface area contributed by atoms with Gasteiger partial charge in [-0.15, -0.1) is 10.2 Å². The second-order valence-electron chi connectivity index (χ2n) is 10.8. The molecule has 12 nitrogen and oxygen atoms in total. The van der Waals surface area contributed by atoms with Crippen LogP contribution in [-0.2, 0) is 5.60 Å². The smallest absolute Gasteiger partial charge is 0.292 e. The van der Waals surface area contributed by atoms with E-state index in [1.165, 1.54) is 17.8 Å². The first kappa shape index (κ1) is 25.4. The van der Waals surface area contributed by atoms with E-state index >= 15 is 0 Å². The summed E-state index contributed by atoms with van der Waals surface area (Å²) in [7, 11) is 0. The van der Waals surface area contributed by atoms with Crippen molar-refractivity contribution in [3.63, 3.8) is 0 Å². The summed E-state index contributed by atoms with van der Waals surface area (Å²) in [6.45, 7) is 4.71. The number of rotatable bonds is 5. The molecule has 1 amide bonds. The number of nitrogens with one attached hydrogen (secondary N) is 1. The van der Waals surface area contributed by atoms with Gasteiger partial charge in [0.05, 0.1) is 28.2 Å². The Kier molecular flexibility index (Phi) is 5.92. The molecule has 3 atom stereocenters. The summed E-state index contributed by atoms with van der Waals surface area (Å²) in [6, 6.07) is 1.70. The zero-order chi connectivity index (χ0) is 27.6. The minimum atomic E-state index is -1.20. The van der Waals surface area contributed by atoms with Gasteiger partial charge in [0.2, 0.25) is 5.82 Å². The van der Waals surface area contributed by atoms with Crippen molar-refractivity contribution in [2.75, 3.05) is 5.73 Å². The summed E-state index contributed by atoms with van der Waals surface area (Å²) in [4.78, 5) is 40.0. The molecule has 0 unspecified atom stereocenters. The van der Waals surface area contributed by atoms with Gasteiger partial charge >= 0.3 is 0 Å². The second kappa shape index (κ2) is 9.09. The number of nitrogens with two attached hydrogens (primary N) is 1. The van der Waals surface area contributed by atoms with Crippen molar-refractivity contribution in [1.82, 2.24) is 39.7 Å². The van der Waals surface area contributed by atoms with Gasteiger partial charge in [0.1, 0.15) is 17.7 Å². The van der Waals surface area contributed by atoms with E-state index in [1.807, 2.05) is 4.90 Å². The molecule has 13 heteroatoms. The molecule has 6 heterocycles. The number of nitrogen functional groups attached to an aromatic ring is 1. The summed E-state index contributed by atoms with van der Waals surface area (Å²) in [5, 5.41) is 22.7. The maximum atomic E-state index is 13.1. The highest BCUT2D eigenvalue weighted by Crippen LogP contribution is 2.45. The van der Waals surface area contributed by atoms with E-state index < -0.39 is 5.60 Å². The Hall–Kier alpha value is -3.90. The first-order chi connectivity index (χ1) is 18.5. The van der Waals surface area contributed by atoms with Crippen LogP contribution in [0, 0.1) is 0 Å². The summed E-state index contributed by atoms with van der Waals surface area (Å²) in [6.07, 6.45) is 7.65. The number of carbonyl (C=O) groups is 2. The molecule has 39 heavy (non-hydrogen) atoms. The number of Topliss-reactive ketones (excluding diaryl/α,β-unsaturated/α-hetero) is 1. The largest absolute Gasteiger partial charge is 0.384 e. The average Bonchev–Trinajstić information content (AvgIpc) is 3.61. The van der Waals surface area contributed by atoms with Gasteiger partial charge in [-0.25, -0.2) is 4.98 Å². The van der Waals surface area contributed by atoms with Crippen molar-refractivity contribution in [2.45, 2.75) is 70.1 Å². The zero-order valence-electron chi connectivity index (χ0n) is 21.7. The van der Waals surface area contributed by atoms with Crippen LogP contribution in [-0.4, -0.2) is 68.5 Å². The number of anilines is 1. The lowest BCUT2D eigenvalue weighted by Gasteiger charge is -2.38. The molecule has 2 bridgehead atoms. The zero-order valence-corrected chi connectivity index (χ0v) is 22.5. The number of carbonyl (C=O) groups excluding carboxylic acids is 2. The van der Waals surface area contributed by atoms with Gasteiger partial charge in [0.15, 0.2) is 11.4 Å². The third-order valence-electron chi connectivity index (χ3n) is 7.77. The van der Waals surface area contributed by atoms with Crippen LogP contribution in [0.3, 0.4) is 0 Å². The molecule has 0 aliphatic carbocycles.